The molecule has 0 aromatic carbocycles. The average molecular weight is 402 g/mol. The van der Waals surface area contributed by atoms with Gasteiger partial charge in [-0.15, -0.1) is 0 Å². The van der Waals surface area contributed by atoms with Crippen LogP contribution >= 0.6 is 0 Å². The highest BCUT2D eigenvalue weighted by molar-refractivity contribution is 5.87. The smallest absolute Gasteiger partial charge is 0.426 e. The van der Waals surface area contributed by atoms with Crippen LogP contribution in [-0.4, -0.2) is 34.6 Å². The maximum Gasteiger partial charge on any atom is 0.426 e. The Balaban J connectivity index is 2.36. The number of carbonyl (C=O) groups excluding carboxylic acids is 1. The molecule has 0 heterocycles. The van der Waals surface area contributed by atoms with Crippen LogP contribution in [0.3, 0.4) is 0 Å². The molecule has 2 saturated carbocycles. The molecule has 27 heavy (non-hydrogen) atoms. The van der Waals surface area contributed by atoms with Crippen LogP contribution in [0.15, 0.2) is 12.2 Å². The predicted octanol–water partition coefficient (Wildman–Crippen LogP) is 4.79. The quantitative estimate of drug-likeness (QED) is 0.409. The topological polar surface area (TPSA) is 46.5 Å². The van der Waals surface area contributed by atoms with Gasteiger partial charge in [0, 0.05) is 11.5 Å². The third-order valence-electron chi connectivity index (χ3n) is 6.06. The zero-order valence-electron chi connectivity index (χ0n) is 15.4. The van der Waals surface area contributed by atoms with Crippen LogP contribution < -0.4 is 0 Å². The van der Waals surface area contributed by atoms with Gasteiger partial charge < -0.3 is 9.84 Å². The van der Waals surface area contributed by atoms with E-state index in [9.17, 15) is 36.2 Å². The standard InChI is InChI=1S/C18H24F6O3/c1-9(2)14(25)27-15(3,4)13-11-6-5-10(7-11)12(13)8-16(26,17(19,20)21)18(22,23)24/h10-13,26H,1,5-8H2,2-4H3. The van der Waals surface area contributed by atoms with Crippen LogP contribution in [0.25, 0.3) is 0 Å². The molecule has 0 aliphatic heterocycles. The molecule has 3 nitrogen and oxygen atoms in total. The largest absolute Gasteiger partial charge is 0.456 e. The lowest BCUT2D eigenvalue weighted by atomic mass is 9.67. The maximum atomic E-state index is 13.2. The monoisotopic (exact) mass is 402 g/mol. The number of hydrogen-bond donors (Lipinski definition) is 1. The van der Waals surface area contributed by atoms with Gasteiger partial charge in [0.05, 0.1) is 0 Å². The van der Waals surface area contributed by atoms with Crippen molar-refractivity contribution in [1.29, 1.82) is 0 Å². The Morgan fingerprint density at radius 2 is 1.56 bits per heavy atom. The zero-order valence-corrected chi connectivity index (χ0v) is 15.4. The fourth-order valence-electron chi connectivity index (χ4n) is 4.91. The van der Waals surface area contributed by atoms with Crippen molar-refractivity contribution in [2.24, 2.45) is 23.7 Å². The van der Waals surface area contributed by atoms with Crippen LogP contribution in [0.1, 0.15) is 46.5 Å². The second kappa shape index (κ2) is 6.67. The van der Waals surface area contributed by atoms with E-state index in [1.165, 1.54) is 20.8 Å². The Labute approximate surface area is 153 Å². The third kappa shape index (κ3) is 3.84. The van der Waals surface area contributed by atoms with Crippen molar-refractivity contribution < 1.29 is 41.0 Å². The highest BCUT2D eigenvalue weighted by Crippen LogP contribution is 2.61. The molecule has 2 aliphatic carbocycles. The van der Waals surface area contributed by atoms with Crippen molar-refractivity contribution >= 4 is 5.97 Å². The number of esters is 1. The Bertz CT molecular complexity index is 593. The molecule has 9 heteroatoms. The Kier molecular flexibility index (Phi) is 5.45. The summed E-state index contributed by atoms with van der Waals surface area (Å²) in [5, 5.41) is 9.65. The van der Waals surface area contributed by atoms with Crippen LogP contribution in [0.2, 0.25) is 0 Å². The van der Waals surface area contributed by atoms with Crippen LogP contribution in [0, 0.1) is 23.7 Å². The maximum absolute atomic E-state index is 13.2. The molecule has 2 fully saturated rings. The van der Waals surface area contributed by atoms with E-state index in [1.54, 1.807) is 0 Å². The van der Waals surface area contributed by atoms with Gasteiger partial charge in [-0.25, -0.2) is 4.79 Å². The molecule has 156 valence electrons. The second-order valence-corrected chi connectivity index (χ2v) is 8.36. The first-order valence-corrected chi connectivity index (χ1v) is 8.76. The molecular weight excluding hydrogens is 378 g/mol. The Morgan fingerprint density at radius 3 is 2.00 bits per heavy atom. The van der Waals surface area contributed by atoms with Gasteiger partial charge in [0.15, 0.2) is 0 Å². The highest BCUT2D eigenvalue weighted by atomic mass is 19.4. The minimum atomic E-state index is -5.85. The molecule has 0 spiro atoms. The predicted molar refractivity (Wildman–Crippen MR) is 84.5 cm³/mol. The number of carbonyl (C=O) groups is 1. The van der Waals surface area contributed by atoms with Crippen LogP contribution in [0.5, 0.6) is 0 Å². The molecule has 4 atom stereocenters. The van der Waals surface area contributed by atoms with E-state index in [1.807, 2.05) is 0 Å². The Morgan fingerprint density at radius 1 is 1.07 bits per heavy atom. The number of rotatable bonds is 5. The highest BCUT2D eigenvalue weighted by Gasteiger charge is 2.72. The van der Waals surface area contributed by atoms with Crippen molar-refractivity contribution in [3.05, 3.63) is 12.2 Å². The number of ether oxygens (including phenoxy) is 1. The molecule has 0 radical (unpaired) electrons. The SMILES string of the molecule is C=C(C)C(=O)OC(C)(C)C1C2CCC(C2)C1CC(O)(C(F)(F)F)C(F)(F)F. The molecule has 0 aromatic rings. The van der Waals surface area contributed by atoms with Crippen molar-refractivity contribution in [2.75, 3.05) is 0 Å². The van der Waals surface area contributed by atoms with E-state index in [4.69, 9.17) is 4.74 Å². The molecule has 4 unspecified atom stereocenters. The van der Waals surface area contributed by atoms with Gasteiger partial charge in [-0.1, -0.05) is 6.58 Å². The summed E-state index contributed by atoms with van der Waals surface area (Å²) in [5.41, 5.74) is -5.98. The molecule has 1 N–H and O–H groups in total. The first-order chi connectivity index (χ1) is 12.0. The van der Waals surface area contributed by atoms with Crippen LogP contribution in [0.4, 0.5) is 26.3 Å². The lowest BCUT2D eigenvalue weighted by molar-refractivity contribution is -0.374. The second-order valence-electron chi connectivity index (χ2n) is 8.36. The number of halogens is 6. The van der Waals surface area contributed by atoms with Gasteiger partial charge in [0.2, 0.25) is 0 Å². The molecule has 0 aromatic heterocycles. The summed E-state index contributed by atoms with van der Waals surface area (Å²) >= 11 is 0. The normalized spacial score (nSPS) is 29.1. The summed E-state index contributed by atoms with van der Waals surface area (Å²) in [7, 11) is 0. The first kappa shape index (κ1) is 22.0. The van der Waals surface area contributed by atoms with E-state index >= 15 is 0 Å². The molecule has 2 bridgehead atoms. The first-order valence-electron chi connectivity index (χ1n) is 8.76. The minimum Gasteiger partial charge on any atom is -0.456 e. The fraction of sp³-hybridized carbons (Fsp3) is 0.833. The summed E-state index contributed by atoms with van der Waals surface area (Å²) < 4.78 is 84.4. The van der Waals surface area contributed by atoms with Gasteiger partial charge in [0.1, 0.15) is 5.60 Å². The summed E-state index contributed by atoms with van der Waals surface area (Å²) in [6, 6.07) is 0. The van der Waals surface area contributed by atoms with Gasteiger partial charge in [0.25, 0.3) is 5.60 Å². The van der Waals surface area contributed by atoms with Crippen molar-refractivity contribution in [1.82, 2.24) is 0 Å². The summed E-state index contributed by atoms with van der Waals surface area (Å²) in [6.45, 7) is 7.84. The number of hydrogen-bond acceptors (Lipinski definition) is 3. The van der Waals surface area contributed by atoms with Crippen molar-refractivity contribution in [2.45, 2.75) is 70.0 Å². The third-order valence-corrected chi connectivity index (χ3v) is 6.06. The Hall–Kier alpha value is -1.25. The molecule has 2 rings (SSSR count). The van der Waals surface area contributed by atoms with Crippen LogP contribution in [-0.2, 0) is 9.53 Å². The fourth-order valence-corrected chi connectivity index (χ4v) is 4.91. The lowest BCUT2D eigenvalue weighted by Crippen LogP contribution is -2.59. The molecule has 2 aliphatic rings. The van der Waals surface area contributed by atoms with Gasteiger partial charge in [-0.05, 0) is 64.2 Å². The lowest BCUT2D eigenvalue weighted by Gasteiger charge is -2.44. The van der Waals surface area contributed by atoms with E-state index in [0.29, 0.717) is 19.3 Å². The van der Waals surface area contributed by atoms with Gasteiger partial charge in [-0.3, -0.25) is 0 Å². The zero-order chi connectivity index (χ0) is 21.0. The molecular formula is C18H24F6O3. The minimum absolute atomic E-state index is 0.0878. The van der Waals surface area contributed by atoms with E-state index in [2.05, 4.69) is 6.58 Å². The number of aliphatic hydroxyl groups is 1. The average Bonchev–Trinajstić information content (AvgIpc) is 3.05. The summed E-state index contributed by atoms with van der Waals surface area (Å²) in [6.07, 6.45) is -11.6. The van der Waals surface area contributed by atoms with E-state index in [-0.39, 0.29) is 17.4 Å². The van der Waals surface area contributed by atoms with Gasteiger partial charge >= 0.3 is 18.3 Å². The molecule has 0 saturated heterocycles. The van der Waals surface area contributed by atoms with Gasteiger partial charge in [-0.2, -0.15) is 26.3 Å². The number of alkyl halides is 6. The molecule has 0 amide bonds. The van der Waals surface area contributed by atoms with Crippen molar-refractivity contribution in [3.63, 3.8) is 0 Å². The van der Waals surface area contributed by atoms with E-state index < -0.39 is 47.8 Å². The summed E-state index contributed by atoms with van der Waals surface area (Å²) in [5.74, 6) is -3.05. The summed E-state index contributed by atoms with van der Waals surface area (Å²) in [4.78, 5) is 11.9. The van der Waals surface area contributed by atoms with Crippen molar-refractivity contribution in [3.8, 4) is 0 Å². The number of fused-ring (bicyclic) bond motifs is 2. The van der Waals surface area contributed by atoms with E-state index in [0.717, 1.165) is 0 Å².